The number of hydrogen-bond donors (Lipinski definition) is 2. The van der Waals surface area contributed by atoms with E-state index in [1.807, 2.05) is 0 Å². The fraction of sp³-hybridized carbons (Fsp3) is 0.385. The Balaban J connectivity index is 3.10. The maximum absolute atomic E-state index is 13.9. The Hall–Kier alpha value is -2.31. The van der Waals surface area contributed by atoms with Gasteiger partial charge in [-0.25, -0.2) is 14.0 Å². The van der Waals surface area contributed by atoms with Crippen LogP contribution in [0.3, 0.4) is 0 Å². The first-order chi connectivity index (χ1) is 9.15. The monoisotopic (exact) mass is 285 g/mol. The number of methoxy groups -OCH3 is 1. The van der Waals surface area contributed by atoms with E-state index < -0.39 is 29.0 Å². The largest absolute Gasteiger partial charge is 0.494 e. The number of carbonyl (C=O) groups is 2. The normalized spacial score (nSPS) is 10.8. The molecule has 110 valence electrons. The van der Waals surface area contributed by atoms with Crippen molar-refractivity contribution in [1.29, 1.82) is 0 Å². The van der Waals surface area contributed by atoms with Gasteiger partial charge in [0.25, 0.3) is 0 Å². The van der Waals surface area contributed by atoms with Crippen LogP contribution in [-0.4, -0.2) is 29.9 Å². The third-order valence-corrected chi connectivity index (χ3v) is 2.18. The molecule has 0 heterocycles. The molecule has 1 aromatic carbocycles. The van der Waals surface area contributed by atoms with E-state index in [0.29, 0.717) is 0 Å². The number of carbonyl (C=O) groups excluding carboxylic acids is 1. The van der Waals surface area contributed by atoms with Crippen LogP contribution >= 0.6 is 0 Å². The van der Waals surface area contributed by atoms with Crippen molar-refractivity contribution >= 4 is 17.7 Å². The summed E-state index contributed by atoms with van der Waals surface area (Å²) < 4.78 is 23.5. The second-order valence-corrected chi connectivity index (χ2v) is 4.94. The van der Waals surface area contributed by atoms with Crippen LogP contribution in [0.15, 0.2) is 12.1 Å². The Labute approximate surface area is 115 Å². The van der Waals surface area contributed by atoms with Gasteiger partial charge in [0, 0.05) is 0 Å². The summed E-state index contributed by atoms with van der Waals surface area (Å²) in [6.07, 6.45) is -0.871. The van der Waals surface area contributed by atoms with Gasteiger partial charge in [-0.2, -0.15) is 0 Å². The molecule has 6 nitrogen and oxygen atoms in total. The van der Waals surface area contributed by atoms with E-state index in [0.717, 1.165) is 0 Å². The average molecular weight is 285 g/mol. The van der Waals surface area contributed by atoms with Gasteiger partial charge in [0.05, 0.1) is 12.8 Å². The Morgan fingerprint density at radius 3 is 2.35 bits per heavy atom. The minimum absolute atomic E-state index is 0.204. The van der Waals surface area contributed by atoms with Gasteiger partial charge < -0.3 is 14.6 Å². The number of carboxylic acids is 1. The van der Waals surface area contributed by atoms with E-state index >= 15 is 0 Å². The van der Waals surface area contributed by atoms with Gasteiger partial charge >= 0.3 is 12.1 Å². The zero-order chi connectivity index (χ0) is 15.5. The number of aromatic carboxylic acids is 1. The summed E-state index contributed by atoms with van der Waals surface area (Å²) in [6.45, 7) is 4.96. The van der Waals surface area contributed by atoms with Crippen molar-refractivity contribution in [1.82, 2.24) is 0 Å². The highest BCUT2D eigenvalue weighted by molar-refractivity contribution is 5.99. The van der Waals surface area contributed by atoms with Gasteiger partial charge in [0.1, 0.15) is 11.2 Å². The molecule has 0 atom stereocenters. The highest BCUT2D eigenvalue weighted by atomic mass is 19.1. The number of rotatable bonds is 3. The van der Waals surface area contributed by atoms with E-state index in [4.69, 9.17) is 14.6 Å². The minimum Gasteiger partial charge on any atom is -0.494 e. The van der Waals surface area contributed by atoms with Crippen molar-refractivity contribution < 1.29 is 28.6 Å². The molecule has 0 aliphatic rings. The standard InChI is InChI=1S/C13H16FNO5/c1-13(2,3)20-12(18)15-7-5-6-8(19-4)10(14)9(7)11(16)17/h5-6H,1-4H3,(H,15,18)(H,16,17). The molecule has 0 fully saturated rings. The molecule has 0 bridgehead atoms. The number of benzene rings is 1. The van der Waals surface area contributed by atoms with E-state index in [2.05, 4.69) is 5.32 Å². The van der Waals surface area contributed by atoms with Crippen LogP contribution < -0.4 is 10.1 Å². The Morgan fingerprint density at radius 1 is 1.30 bits per heavy atom. The summed E-state index contributed by atoms with van der Waals surface area (Å²) in [5.41, 5.74) is -1.64. The van der Waals surface area contributed by atoms with E-state index in [1.165, 1.54) is 19.2 Å². The average Bonchev–Trinajstić information content (AvgIpc) is 2.25. The molecule has 1 rings (SSSR count). The van der Waals surface area contributed by atoms with Gasteiger partial charge in [0.2, 0.25) is 0 Å². The second kappa shape index (κ2) is 5.77. The maximum Gasteiger partial charge on any atom is 0.412 e. The summed E-state index contributed by atoms with van der Waals surface area (Å²) in [5, 5.41) is 11.2. The Kier molecular flexibility index (Phi) is 4.54. The Bertz CT molecular complexity index is 536. The fourth-order valence-electron chi connectivity index (χ4n) is 1.44. The third kappa shape index (κ3) is 3.84. The topological polar surface area (TPSA) is 84.9 Å². The molecule has 1 aromatic rings. The zero-order valence-corrected chi connectivity index (χ0v) is 11.6. The fourth-order valence-corrected chi connectivity index (χ4v) is 1.44. The molecular formula is C13H16FNO5. The molecule has 0 unspecified atom stereocenters. The first kappa shape index (κ1) is 15.7. The minimum atomic E-state index is -1.52. The molecular weight excluding hydrogens is 269 g/mol. The predicted octanol–water partition coefficient (Wildman–Crippen LogP) is 2.88. The number of ether oxygens (including phenoxy) is 2. The highest BCUT2D eigenvalue weighted by Crippen LogP contribution is 2.27. The molecule has 0 aromatic heterocycles. The Morgan fingerprint density at radius 2 is 1.90 bits per heavy atom. The van der Waals surface area contributed by atoms with Crippen molar-refractivity contribution in [3.63, 3.8) is 0 Å². The number of amides is 1. The van der Waals surface area contributed by atoms with Crippen LogP contribution in [0.4, 0.5) is 14.9 Å². The lowest BCUT2D eigenvalue weighted by atomic mass is 10.1. The van der Waals surface area contributed by atoms with E-state index in [9.17, 15) is 14.0 Å². The third-order valence-electron chi connectivity index (χ3n) is 2.18. The molecule has 0 radical (unpaired) electrons. The lowest BCUT2D eigenvalue weighted by Crippen LogP contribution is -2.28. The summed E-state index contributed by atoms with van der Waals surface area (Å²) in [4.78, 5) is 22.7. The summed E-state index contributed by atoms with van der Waals surface area (Å²) >= 11 is 0. The molecule has 0 saturated heterocycles. The molecule has 2 N–H and O–H groups in total. The quantitative estimate of drug-likeness (QED) is 0.892. The van der Waals surface area contributed by atoms with Crippen molar-refractivity contribution in [2.45, 2.75) is 26.4 Å². The molecule has 0 spiro atoms. The van der Waals surface area contributed by atoms with Gasteiger partial charge in [-0.3, -0.25) is 5.32 Å². The lowest BCUT2D eigenvalue weighted by molar-refractivity contribution is 0.0636. The maximum atomic E-state index is 13.9. The molecule has 20 heavy (non-hydrogen) atoms. The number of nitrogens with one attached hydrogen (secondary N) is 1. The zero-order valence-electron chi connectivity index (χ0n) is 11.6. The number of carboxylic acid groups (broad SMARTS) is 1. The predicted molar refractivity (Wildman–Crippen MR) is 69.8 cm³/mol. The summed E-state index contributed by atoms with van der Waals surface area (Å²) in [6, 6.07) is 2.45. The van der Waals surface area contributed by atoms with Crippen molar-refractivity contribution in [2.75, 3.05) is 12.4 Å². The molecule has 7 heteroatoms. The molecule has 1 amide bonds. The van der Waals surface area contributed by atoms with Crippen LogP contribution in [-0.2, 0) is 4.74 Å². The number of halogens is 1. The number of anilines is 1. The van der Waals surface area contributed by atoms with Crippen LogP contribution in [0.2, 0.25) is 0 Å². The van der Waals surface area contributed by atoms with Crippen molar-refractivity contribution in [2.24, 2.45) is 0 Å². The van der Waals surface area contributed by atoms with E-state index in [-0.39, 0.29) is 11.4 Å². The molecule has 0 aliphatic carbocycles. The molecule has 0 saturated carbocycles. The smallest absolute Gasteiger partial charge is 0.412 e. The first-order valence-corrected chi connectivity index (χ1v) is 5.75. The van der Waals surface area contributed by atoms with Gasteiger partial charge in [-0.1, -0.05) is 0 Å². The van der Waals surface area contributed by atoms with E-state index in [1.54, 1.807) is 20.8 Å². The van der Waals surface area contributed by atoms with Crippen molar-refractivity contribution in [3.05, 3.63) is 23.5 Å². The SMILES string of the molecule is COc1ccc(NC(=O)OC(C)(C)C)c(C(=O)O)c1F. The first-order valence-electron chi connectivity index (χ1n) is 5.75. The van der Waals surface area contributed by atoms with Crippen molar-refractivity contribution in [3.8, 4) is 5.75 Å². The van der Waals surface area contributed by atoms with Gasteiger partial charge in [-0.15, -0.1) is 0 Å². The van der Waals surface area contributed by atoms with Crippen LogP contribution in [0.25, 0.3) is 0 Å². The molecule has 0 aliphatic heterocycles. The van der Waals surface area contributed by atoms with Crippen LogP contribution in [0.1, 0.15) is 31.1 Å². The van der Waals surface area contributed by atoms with Crippen LogP contribution in [0.5, 0.6) is 5.75 Å². The summed E-state index contributed by atoms with van der Waals surface area (Å²) in [7, 11) is 1.21. The van der Waals surface area contributed by atoms with Gasteiger partial charge in [0.15, 0.2) is 11.6 Å². The lowest BCUT2D eigenvalue weighted by Gasteiger charge is -2.20. The van der Waals surface area contributed by atoms with Gasteiger partial charge in [-0.05, 0) is 32.9 Å². The van der Waals surface area contributed by atoms with Crippen LogP contribution in [0, 0.1) is 5.82 Å². The summed E-state index contributed by atoms with van der Waals surface area (Å²) in [5.74, 6) is -2.81. The second-order valence-electron chi connectivity index (χ2n) is 4.94. The highest BCUT2D eigenvalue weighted by Gasteiger charge is 2.23. The number of hydrogen-bond acceptors (Lipinski definition) is 4.